The summed E-state index contributed by atoms with van der Waals surface area (Å²) in [5, 5.41) is 0. The van der Waals surface area contributed by atoms with Crippen molar-refractivity contribution in [2.24, 2.45) is 11.8 Å². The Labute approximate surface area is 75.9 Å². The van der Waals surface area contributed by atoms with E-state index in [0.717, 1.165) is 11.8 Å². The van der Waals surface area contributed by atoms with E-state index < -0.39 is 8.32 Å². The van der Waals surface area contributed by atoms with Gasteiger partial charge in [-0.1, -0.05) is 12.2 Å². The summed E-state index contributed by atoms with van der Waals surface area (Å²) in [5.74, 6) is 1.50. The highest BCUT2D eigenvalue weighted by atomic mass is 28.4. The molecular formula is C10H18OSi. The Balaban J connectivity index is 2.00. The van der Waals surface area contributed by atoms with E-state index in [4.69, 9.17) is 4.43 Å². The molecule has 1 nitrogen and oxygen atoms in total. The Morgan fingerprint density at radius 2 is 1.58 bits per heavy atom. The molecule has 12 heavy (non-hydrogen) atoms. The molecule has 0 N–H and O–H groups in total. The smallest absolute Gasteiger partial charge is 0.184 e. The van der Waals surface area contributed by atoms with Gasteiger partial charge >= 0.3 is 0 Å². The molecule has 0 heterocycles. The minimum Gasteiger partial charge on any atom is -0.414 e. The van der Waals surface area contributed by atoms with Crippen molar-refractivity contribution in [1.29, 1.82) is 0 Å². The molecule has 0 radical (unpaired) electrons. The lowest BCUT2D eigenvalue weighted by atomic mass is 10.1. The van der Waals surface area contributed by atoms with E-state index in [1.165, 1.54) is 12.8 Å². The molecule has 2 aliphatic rings. The highest BCUT2D eigenvalue weighted by molar-refractivity contribution is 6.69. The molecule has 0 aromatic rings. The van der Waals surface area contributed by atoms with Crippen LogP contribution in [-0.4, -0.2) is 14.4 Å². The molecule has 1 fully saturated rings. The topological polar surface area (TPSA) is 9.23 Å². The van der Waals surface area contributed by atoms with Crippen molar-refractivity contribution in [3.63, 3.8) is 0 Å². The fraction of sp³-hybridized carbons (Fsp3) is 0.800. The van der Waals surface area contributed by atoms with Crippen LogP contribution in [-0.2, 0) is 4.43 Å². The molecule has 0 amide bonds. The predicted molar refractivity (Wildman–Crippen MR) is 53.6 cm³/mol. The van der Waals surface area contributed by atoms with Gasteiger partial charge in [-0.3, -0.25) is 0 Å². The van der Waals surface area contributed by atoms with E-state index in [-0.39, 0.29) is 0 Å². The summed E-state index contributed by atoms with van der Waals surface area (Å²) in [4.78, 5) is 0. The molecule has 0 aromatic heterocycles. The van der Waals surface area contributed by atoms with Crippen molar-refractivity contribution in [2.45, 2.75) is 38.6 Å². The third-order valence-electron chi connectivity index (χ3n) is 2.77. The summed E-state index contributed by atoms with van der Waals surface area (Å²) >= 11 is 0. The van der Waals surface area contributed by atoms with Crippen LogP contribution in [0.15, 0.2) is 12.2 Å². The van der Waals surface area contributed by atoms with E-state index in [0.29, 0.717) is 6.10 Å². The maximum Gasteiger partial charge on any atom is 0.184 e. The van der Waals surface area contributed by atoms with Crippen LogP contribution in [0.4, 0.5) is 0 Å². The second-order valence-electron chi connectivity index (χ2n) is 4.98. The maximum absolute atomic E-state index is 6.16. The van der Waals surface area contributed by atoms with Gasteiger partial charge in [-0.25, -0.2) is 0 Å². The lowest BCUT2D eigenvalue weighted by molar-refractivity contribution is 0.156. The highest BCUT2D eigenvalue weighted by Crippen LogP contribution is 2.42. The standard InChI is InChI=1S/C10H18OSi/c1-12(2,3)11-10-8-4-5-9(10)7-6-8/h4-5,8-10H,6-7H2,1-3H3/t8-,9+,10?. The summed E-state index contributed by atoms with van der Waals surface area (Å²) in [6.45, 7) is 6.85. The normalized spacial score (nSPS) is 39.4. The summed E-state index contributed by atoms with van der Waals surface area (Å²) < 4.78 is 6.16. The zero-order valence-electron chi connectivity index (χ0n) is 8.21. The molecule has 1 saturated carbocycles. The van der Waals surface area contributed by atoms with Crippen LogP contribution < -0.4 is 0 Å². The predicted octanol–water partition coefficient (Wildman–Crippen LogP) is 2.80. The molecule has 2 aliphatic carbocycles. The third-order valence-corrected chi connectivity index (χ3v) is 3.75. The van der Waals surface area contributed by atoms with Crippen LogP contribution in [0.1, 0.15) is 12.8 Å². The van der Waals surface area contributed by atoms with E-state index in [9.17, 15) is 0 Å². The average molecular weight is 182 g/mol. The van der Waals surface area contributed by atoms with E-state index >= 15 is 0 Å². The zero-order chi connectivity index (χ0) is 8.77. The van der Waals surface area contributed by atoms with Gasteiger partial charge in [0.05, 0.1) is 6.10 Å². The molecule has 0 aliphatic heterocycles. The Morgan fingerprint density at radius 1 is 1.08 bits per heavy atom. The third kappa shape index (κ3) is 1.50. The van der Waals surface area contributed by atoms with Gasteiger partial charge in [0.1, 0.15) is 0 Å². The SMILES string of the molecule is C[Si](C)(C)OC1[C@@H]2C=C[C@H]1CC2. The van der Waals surface area contributed by atoms with Crippen LogP contribution in [0.3, 0.4) is 0 Å². The van der Waals surface area contributed by atoms with Gasteiger partial charge in [-0.05, 0) is 32.5 Å². The molecule has 3 atom stereocenters. The molecule has 2 bridgehead atoms. The monoisotopic (exact) mass is 182 g/mol. The van der Waals surface area contributed by atoms with Crippen molar-refractivity contribution in [3.05, 3.63) is 12.2 Å². The van der Waals surface area contributed by atoms with Gasteiger partial charge in [0, 0.05) is 11.8 Å². The first kappa shape index (κ1) is 8.51. The van der Waals surface area contributed by atoms with Crippen LogP contribution in [0, 0.1) is 11.8 Å². The summed E-state index contributed by atoms with van der Waals surface area (Å²) in [5.41, 5.74) is 0. The molecule has 0 spiro atoms. The van der Waals surface area contributed by atoms with Gasteiger partial charge in [-0.15, -0.1) is 0 Å². The summed E-state index contributed by atoms with van der Waals surface area (Å²) in [6.07, 6.45) is 7.99. The van der Waals surface area contributed by atoms with Crippen LogP contribution >= 0.6 is 0 Å². The van der Waals surface area contributed by atoms with Gasteiger partial charge in [0.2, 0.25) is 0 Å². The van der Waals surface area contributed by atoms with Gasteiger partial charge in [0.15, 0.2) is 8.32 Å². The van der Waals surface area contributed by atoms with Crippen LogP contribution in [0.5, 0.6) is 0 Å². The molecule has 0 saturated heterocycles. The minimum absolute atomic E-state index is 0.552. The molecule has 2 heteroatoms. The fourth-order valence-electron chi connectivity index (χ4n) is 2.31. The first-order valence-electron chi connectivity index (χ1n) is 4.92. The van der Waals surface area contributed by atoms with Crippen LogP contribution in [0.25, 0.3) is 0 Å². The molecule has 68 valence electrons. The van der Waals surface area contributed by atoms with Crippen LogP contribution in [0.2, 0.25) is 19.6 Å². The van der Waals surface area contributed by atoms with Crippen molar-refractivity contribution in [3.8, 4) is 0 Å². The number of fused-ring (bicyclic) bond motifs is 2. The van der Waals surface area contributed by atoms with E-state index in [1.807, 2.05) is 0 Å². The minimum atomic E-state index is -1.31. The van der Waals surface area contributed by atoms with E-state index in [2.05, 4.69) is 31.8 Å². The first-order chi connectivity index (χ1) is 5.56. The molecule has 0 aromatic carbocycles. The number of hydrogen-bond acceptors (Lipinski definition) is 1. The Morgan fingerprint density at radius 3 is 1.92 bits per heavy atom. The number of hydrogen-bond donors (Lipinski definition) is 0. The second kappa shape index (κ2) is 2.71. The van der Waals surface area contributed by atoms with Gasteiger partial charge in [0.25, 0.3) is 0 Å². The Hall–Kier alpha value is -0.0831. The van der Waals surface area contributed by atoms with Gasteiger partial charge < -0.3 is 4.43 Å². The molecule has 2 rings (SSSR count). The summed E-state index contributed by atoms with van der Waals surface area (Å²) in [6, 6.07) is 0. The molecule has 1 unspecified atom stereocenters. The Bertz CT molecular complexity index is 190. The largest absolute Gasteiger partial charge is 0.414 e. The maximum atomic E-state index is 6.16. The van der Waals surface area contributed by atoms with Crippen molar-refractivity contribution < 1.29 is 4.43 Å². The molecular weight excluding hydrogens is 164 g/mol. The Kier molecular flexibility index (Phi) is 1.92. The lowest BCUT2D eigenvalue weighted by Gasteiger charge is -2.26. The number of rotatable bonds is 2. The quantitative estimate of drug-likeness (QED) is 0.471. The average Bonchev–Trinajstić information content (AvgIpc) is 2.46. The summed E-state index contributed by atoms with van der Waals surface area (Å²) in [7, 11) is -1.31. The van der Waals surface area contributed by atoms with Gasteiger partial charge in [-0.2, -0.15) is 0 Å². The second-order valence-corrected chi connectivity index (χ2v) is 9.45. The lowest BCUT2D eigenvalue weighted by Crippen LogP contribution is -2.34. The van der Waals surface area contributed by atoms with Crippen molar-refractivity contribution in [1.82, 2.24) is 0 Å². The van der Waals surface area contributed by atoms with Crippen molar-refractivity contribution >= 4 is 8.32 Å². The van der Waals surface area contributed by atoms with Crippen molar-refractivity contribution in [2.75, 3.05) is 0 Å². The zero-order valence-corrected chi connectivity index (χ0v) is 9.21. The van der Waals surface area contributed by atoms with E-state index in [1.54, 1.807) is 0 Å². The highest BCUT2D eigenvalue weighted by Gasteiger charge is 2.40. The first-order valence-corrected chi connectivity index (χ1v) is 8.33. The fourth-order valence-corrected chi connectivity index (χ4v) is 3.48.